The van der Waals surface area contributed by atoms with E-state index in [1.165, 1.54) is 19.1 Å². The monoisotopic (exact) mass is 355 g/mol. The Kier molecular flexibility index (Phi) is 5.58. The molecule has 2 rings (SSSR count). The van der Waals surface area contributed by atoms with Crippen molar-refractivity contribution in [1.82, 2.24) is 4.57 Å². The third kappa shape index (κ3) is 3.81. The van der Waals surface area contributed by atoms with Gasteiger partial charge in [-0.05, 0) is 51.1 Å². The van der Waals surface area contributed by atoms with Crippen LogP contribution in [0.2, 0.25) is 0 Å². The zero-order chi connectivity index (χ0) is 19.4. The summed E-state index contributed by atoms with van der Waals surface area (Å²) in [5.41, 5.74) is 7.63. The number of aryl methyl sites for hydroxylation is 1. The molecular weight excluding hydrogens is 337 g/mol. The third-order valence-electron chi connectivity index (χ3n) is 3.86. The van der Waals surface area contributed by atoms with E-state index in [-0.39, 0.29) is 22.7 Å². The van der Waals surface area contributed by atoms with Crippen LogP contribution >= 0.6 is 0 Å². The standard InChI is InChI=1S/C19H18FN3O3/c1-11-8-16(13(3)23(11)15-6-4-14(20)5-7-15)19(25)26-10-18(24)17(9-21)12(2)22/h4-8H,10,22H2,1-3H3/b17-12+. The van der Waals surface area contributed by atoms with E-state index in [0.29, 0.717) is 11.4 Å². The molecule has 26 heavy (non-hydrogen) atoms. The Balaban J connectivity index is 2.22. The minimum Gasteiger partial charge on any atom is -0.454 e. The minimum atomic E-state index is -0.688. The van der Waals surface area contributed by atoms with E-state index in [1.807, 2.05) is 0 Å². The summed E-state index contributed by atoms with van der Waals surface area (Å²) < 4.78 is 19.9. The number of rotatable bonds is 5. The number of hydrogen-bond acceptors (Lipinski definition) is 5. The van der Waals surface area contributed by atoms with Gasteiger partial charge in [0.1, 0.15) is 17.5 Å². The molecule has 0 aliphatic carbocycles. The molecule has 0 unspecified atom stereocenters. The molecule has 0 spiro atoms. The first-order valence-corrected chi connectivity index (χ1v) is 7.78. The summed E-state index contributed by atoms with van der Waals surface area (Å²) in [6, 6.07) is 9.18. The number of halogens is 1. The van der Waals surface area contributed by atoms with Crippen LogP contribution in [0.5, 0.6) is 0 Å². The lowest BCUT2D eigenvalue weighted by Crippen LogP contribution is -2.18. The zero-order valence-corrected chi connectivity index (χ0v) is 14.7. The van der Waals surface area contributed by atoms with Crippen molar-refractivity contribution < 1.29 is 18.7 Å². The lowest BCUT2D eigenvalue weighted by Gasteiger charge is -2.10. The highest BCUT2D eigenvalue weighted by Gasteiger charge is 2.20. The van der Waals surface area contributed by atoms with Crippen LogP contribution in [-0.4, -0.2) is 22.9 Å². The van der Waals surface area contributed by atoms with Gasteiger partial charge in [-0.2, -0.15) is 5.26 Å². The van der Waals surface area contributed by atoms with Crippen LogP contribution < -0.4 is 5.73 Å². The maximum atomic E-state index is 13.1. The van der Waals surface area contributed by atoms with Crippen molar-refractivity contribution in [2.24, 2.45) is 5.73 Å². The fourth-order valence-electron chi connectivity index (χ4n) is 2.61. The van der Waals surface area contributed by atoms with Crippen molar-refractivity contribution in [3.63, 3.8) is 0 Å². The highest BCUT2D eigenvalue weighted by atomic mass is 19.1. The quantitative estimate of drug-likeness (QED) is 0.505. The van der Waals surface area contributed by atoms with Gasteiger partial charge in [0, 0.05) is 22.8 Å². The molecule has 1 heterocycles. The van der Waals surface area contributed by atoms with Gasteiger partial charge in [-0.3, -0.25) is 4.79 Å². The number of carbonyl (C=O) groups is 2. The van der Waals surface area contributed by atoms with Crippen LogP contribution in [0.25, 0.3) is 5.69 Å². The molecule has 0 aliphatic heterocycles. The van der Waals surface area contributed by atoms with Crippen molar-refractivity contribution in [1.29, 1.82) is 5.26 Å². The lowest BCUT2D eigenvalue weighted by molar-refractivity contribution is -0.118. The summed E-state index contributed by atoms with van der Waals surface area (Å²) in [7, 11) is 0. The van der Waals surface area contributed by atoms with E-state index in [4.69, 9.17) is 15.7 Å². The average molecular weight is 355 g/mol. The van der Waals surface area contributed by atoms with Gasteiger partial charge in [0.15, 0.2) is 6.61 Å². The largest absolute Gasteiger partial charge is 0.454 e. The number of nitrogens with two attached hydrogens (primary N) is 1. The van der Waals surface area contributed by atoms with Crippen molar-refractivity contribution >= 4 is 11.8 Å². The lowest BCUT2D eigenvalue weighted by atomic mass is 10.1. The molecule has 0 radical (unpaired) electrons. The van der Waals surface area contributed by atoms with Crippen LogP contribution in [0.1, 0.15) is 28.7 Å². The average Bonchev–Trinajstić information content (AvgIpc) is 2.88. The fourth-order valence-corrected chi connectivity index (χ4v) is 2.61. The molecule has 0 saturated heterocycles. The second-order valence-corrected chi connectivity index (χ2v) is 5.77. The third-order valence-corrected chi connectivity index (χ3v) is 3.86. The molecule has 0 saturated carbocycles. The SMILES string of the molecule is C/C(N)=C(/C#N)C(=O)COC(=O)c1cc(C)n(-c2ccc(F)cc2)c1C. The summed E-state index contributed by atoms with van der Waals surface area (Å²) >= 11 is 0. The first-order chi connectivity index (χ1) is 12.3. The number of allylic oxidation sites excluding steroid dienone is 1. The first kappa shape index (κ1) is 18.9. The second kappa shape index (κ2) is 7.66. The Bertz CT molecular complexity index is 930. The van der Waals surface area contributed by atoms with Gasteiger partial charge in [0.05, 0.1) is 5.56 Å². The molecule has 6 nitrogen and oxygen atoms in total. The Morgan fingerprint density at radius 2 is 1.88 bits per heavy atom. The molecule has 2 aromatic rings. The molecule has 0 fully saturated rings. The van der Waals surface area contributed by atoms with Crippen molar-refractivity contribution in [2.75, 3.05) is 6.61 Å². The molecule has 0 aliphatic rings. The summed E-state index contributed by atoms with van der Waals surface area (Å²) in [5.74, 6) is -1.70. The fraction of sp³-hybridized carbons (Fsp3) is 0.211. The van der Waals surface area contributed by atoms with Gasteiger partial charge in [-0.25, -0.2) is 9.18 Å². The van der Waals surface area contributed by atoms with Gasteiger partial charge in [0.25, 0.3) is 0 Å². The number of ether oxygens (including phenoxy) is 1. The number of Topliss-reactive ketones (excluding diaryl/α,β-unsaturated/α-hetero) is 1. The van der Waals surface area contributed by atoms with E-state index >= 15 is 0 Å². The summed E-state index contributed by atoms with van der Waals surface area (Å²) in [6.45, 7) is 4.37. The number of nitriles is 1. The minimum absolute atomic E-state index is 0.0723. The van der Waals surface area contributed by atoms with Crippen molar-refractivity contribution in [3.8, 4) is 11.8 Å². The normalized spacial score (nSPS) is 11.5. The molecule has 1 aromatic carbocycles. The summed E-state index contributed by atoms with van der Waals surface area (Å²) in [5, 5.41) is 8.90. The van der Waals surface area contributed by atoms with Crippen LogP contribution in [0.3, 0.4) is 0 Å². The second-order valence-electron chi connectivity index (χ2n) is 5.77. The van der Waals surface area contributed by atoms with Gasteiger partial charge >= 0.3 is 5.97 Å². The van der Waals surface area contributed by atoms with E-state index in [9.17, 15) is 14.0 Å². The Labute approximate surface area is 150 Å². The van der Waals surface area contributed by atoms with Gasteiger partial charge < -0.3 is 15.0 Å². The molecule has 7 heteroatoms. The Morgan fingerprint density at radius 3 is 2.42 bits per heavy atom. The van der Waals surface area contributed by atoms with E-state index in [2.05, 4.69) is 0 Å². The first-order valence-electron chi connectivity index (χ1n) is 7.78. The van der Waals surface area contributed by atoms with Crippen LogP contribution in [0, 0.1) is 31.0 Å². The number of carbonyl (C=O) groups excluding carboxylic acids is 2. The van der Waals surface area contributed by atoms with Crippen molar-refractivity contribution in [2.45, 2.75) is 20.8 Å². The summed E-state index contributed by atoms with van der Waals surface area (Å²) in [6.07, 6.45) is 0. The number of hydrogen-bond donors (Lipinski definition) is 1. The zero-order valence-electron chi connectivity index (χ0n) is 14.7. The highest BCUT2D eigenvalue weighted by Crippen LogP contribution is 2.22. The van der Waals surface area contributed by atoms with Gasteiger partial charge in [-0.15, -0.1) is 0 Å². The molecule has 0 bridgehead atoms. The van der Waals surface area contributed by atoms with Crippen molar-refractivity contribution in [3.05, 3.63) is 64.4 Å². The van der Waals surface area contributed by atoms with E-state index in [1.54, 1.807) is 42.7 Å². The number of esters is 1. The molecule has 1 aromatic heterocycles. The number of nitrogens with zero attached hydrogens (tertiary/aromatic N) is 2. The van der Waals surface area contributed by atoms with Gasteiger partial charge in [0.2, 0.25) is 5.78 Å². The van der Waals surface area contributed by atoms with Gasteiger partial charge in [-0.1, -0.05) is 0 Å². The molecule has 0 amide bonds. The number of benzene rings is 1. The molecule has 0 atom stereocenters. The predicted molar refractivity (Wildman–Crippen MR) is 93.0 cm³/mol. The molecule has 2 N–H and O–H groups in total. The predicted octanol–water partition coefficient (Wildman–Crippen LogP) is 2.72. The molecular formula is C19H18FN3O3. The maximum absolute atomic E-state index is 13.1. The number of aromatic nitrogens is 1. The Hall–Kier alpha value is -3.40. The van der Waals surface area contributed by atoms with E-state index in [0.717, 1.165) is 5.69 Å². The number of ketones is 1. The van der Waals surface area contributed by atoms with Crippen LogP contribution in [0.4, 0.5) is 4.39 Å². The topological polar surface area (TPSA) is 98.1 Å². The van der Waals surface area contributed by atoms with Crippen LogP contribution in [-0.2, 0) is 9.53 Å². The summed E-state index contributed by atoms with van der Waals surface area (Å²) in [4.78, 5) is 24.2. The maximum Gasteiger partial charge on any atom is 0.340 e. The van der Waals surface area contributed by atoms with E-state index < -0.39 is 18.4 Å². The molecule has 134 valence electrons. The smallest absolute Gasteiger partial charge is 0.340 e. The highest BCUT2D eigenvalue weighted by molar-refractivity contribution is 6.02. The Morgan fingerprint density at radius 1 is 1.27 bits per heavy atom. The van der Waals surface area contributed by atoms with Crippen LogP contribution in [0.15, 0.2) is 41.6 Å².